The Balaban J connectivity index is 1.65. The maximum atomic E-state index is 14.4. The van der Waals surface area contributed by atoms with Crippen LogP contribution in [-0.2, 0) is 11.0 Å². The van der Waals surface area contributed by atoms with Gasteiger partial charge in [0.1, 0.15) is 0 Å². The number of ketones is 1. The highest BCUT2D eigenvalue weighted by atomic mass is 35.5. The molecule has 0 spiro atoms. The van der Waals surface area contributed by atoms with Crippen LogP contribution in [0.1, 0.15) is 91.7 Å². The van der Waals surface area contributed by atoms with E-state index >= 15 is 0 Å². The first-order valence-corrected chi connectivity index (χ1v) is 13.8. The van der Waals surface area contributed by atoms with Crippen molar-refractivity contribution in [1.29, 1.82) is 0 Å². The molecule has 0 saturated heterocycles. The van der Waals surface area contributed by atoms with E-state index in [1.54, 1.807) is 6.92 Å². The Bertz CT molecular complexity index is 1290. The van der Waals surface area contributed by atoms with Crippen molar-refractivity contribution >= 4 is 40.9 Å². The first-order chi connectivity index (χ1) is 18.5. The molecule has 0 unspecified atom stereocenters. The lowest BCUT2D eigenvalue weighted by Gasteiger charge is -2.44. The van der Waals surface area contributed by atoms with Crippen LogP contribution in [-0.4, -0.2) is 55.5 Å². The number of carbonyl (C=O) groups excluding carboxylic acids is 2. The molecule has 2 aromatic heterocycles. The molecule has 0 atom stereocenters. The minimum atomic E-state index is -4.92. The summed E-state index contributed by atoms with van der Waals surface area (Å²) in [4.78, 5) is 43.5. The molecule has 2 heterocycles. The summed E-state index contributed by atoms with van der Waals surface area (Å²) < 4.78 is 44.1. The summed E-state index contributed by atoms with van der Waals surface area (Å²) in [6.45, 7) is 5.25. The van der Waals surface area contributed by atoms with Crippen molar-refractivity contribution in [2.75, 3.05) is 13.1 Å². The second-order valence-electron chi connectivity index (χ2n) is 12.0. The number of carboxylic acids is 1. The van der Waals surface area contributed by atoms with Gasteiger partial charge in [-0.05, 0) is 56.8 Å². The SMILES string of the molecule is CC1(C)CC(CN(CC(=O)c2c(Cl)cncc2Cl)C(=O)c2cnn(C3CCC(C)(C(=O)O)CC3)c2C(F)(F)F)C1. The molecule has 1 amide bonds. The van der Waals surface area contributed by atoms with Crippen molar-refractivity contribution in [2.24, 2.45) is 16.7 Å². The number of hydrogen-bond acceptors (Lipinski definition) is 5. The topological polar surface area (TPSA) is 105 Å². The first kappa shape index (κ1) is 30.3. The Hall–Kier alpha value is -2.66. The van der Waals surface area contributed by atoms with Crippen molar-refractivity contribution in [3.05, 3.63) is 45.5 Å². The Kier molecular flexibility index (Phi) is 8.31. The Morgan fingerprint density at radius 3 is 2.15 bits per heavy atom. The molecule has 0 aliphatic heterocycles. The van der Waals surface area contributed by atoms with Gasteiger partial charge in [0.05, 0.1) is 45.4 Å². The molecule has 218 valence electrons. The highest BCUT2D eigenvalue weighted by Gasteiger charge is 2.46. The molecule has 2 fully saturated rings. The monoisotopic (exact) mass is 602 g/mol. The van der Waals surface area contributed by atoms with Gasteiger partial charge in [0.15, 0.2) is 11.5 Å². The maximum Gasteiger partial charge on any atom is 0.433 e. The van der Waals surface area contributed by atoms with Crippen LogP contribution >= 0.6 is 23.2 Å². The zero-order valence-corrected chi connectivity index (χ0v) is 23.9. The molecule has 4 rings (SSSR count). The lowest BCUT2D eigenvalue weighted by Crippen LogP contribution is -2.45. The highest BCUT2D eigenvalue weighted by molar-refractivity contribution is 6.39. The highest BCUT2D eigenvalue weighted by Crippen LogP contribution is 2.46. The average Bonchev–Trinajstić information content (AvgIpc) is 3.28. The maximum absolute atomic E-state index is 14.4. The summed E-state index contributed by atoms with van der Waals surface area (Å²) in [6, 6.07) is -0.720. The van der Waals surface area contributed by atoms with E-state index in [0.29, 0.717) is 0 Å². The van der Waals surface area contributed by atoms with Crippen LogP contribution in [0.25, 0.3) is 0 Å². The molecule has 2 aromatic rings. The van der Waals surface area contributed by atoms with Crippen LogP contribution in [0, 0.1) is 16.7 Å². The molecule has 40 heavy (non-hydrogen) atoms. The fraction of sp³-hybridized carbons (Fsp3) is 0.593. The molecule has 0 radical (unpaired) electrons. The number of hydrogen-bond donors (Lipinski definition) is 1. The molecular formula is C27H31Cl2F3N4O4. The van der Waals surface area contributed by atoms with Gasteiger partial charge in [0.25, 0.3) is 5.91 Å². The third kappa shape index (κ3) is 6.15. The molecule has 2 saturated carbocycles. The van der Waals surface area contributed by atoms with Crippen LogP contribution < -0.4 is 0 Å². The second kappa shape index (κ2) is 11.0. The van der Waals surface area contributed by atoms with Crippen molar-refractivity contribution < 1.29 is 32.7 Å². The number of nitrogens with zero attached hydrogens (tertiary/aromatic N) is 4. The number of aromatic nitrogens is 3. The molecule has 0 aromatic carbocycles. The number of rotatable bonds is 8. The van der Waals surface area contributed by atoms with Gasteiger partial charge in [-0.2, -0.15) is 18.3 Å². The summed E-state index contributed by atoms with van der Waals surface area (Å²) >= 11 is 12.3. The molecular weight excluding hydrogens is 572 g/mol. The lowest BCUT2D eigenvalue weighted by molar-refractivity contribution is -0.152. The van der Waals surface area contributed by atoms with Crippen LogP contribution in [0.15, 0.2) is 18.6 Å². The van der Waals surface area contributed by atoms with Crippen LogP contribution in [0.5, 0.6) is 0 Å². The standard InChI is InChI=1S/C27H31Cl2F3N4O4/c1-25(2)8-15(9-25)13-35(14-20(37)21-18(28)11-33-12-19(21)29)23(38)17-10-34-36(22(17)27(30,31)32)16-4-6-26(3,7-5-16)24(39)40/h10-12,15-16H,4-9,13-14H2,1-3H3,(H,39,40). The number of Topliss-reactive ketones (excluding diaryl/α,β-unsaturated/α-hetero) is 1. The smallest absolute Gasteiger partial charge is 0.433 e. The average molecular weight is 603 g/mol. The van der Waals surface area contributed by atoms with Crippen LogP contribution in [0.4, 0.5) is 13.2 Å². The number of amides is 1. The first-order valence-electron chi connectivity index (χ1n) is 13.0. The number of alkyl halides is 3. The summed E-state index contributed by atoms with van der Waals surface area (Å²) in [5, 5.41) is 13.4. The van der Waals surface area contributed by atoms with E-state index in [4.69, 9.17) is 23.2 Å². The summed E-state index contributed by atoms with van der Waals surface area (Å²) in [5.74, 6) is -2.58. The fourth-order valence-corrected chi connectivity index (χ4v) is 6.62. The number of pyridine rings is 1. The molecule has 2 aliphatic rings. The predicted octanol–water partition coefficient (Wildman–Crippen LogP) is 6.57. The van der Waals surface area contributed by atoms with Gasteiger partial charge in [0.2, 0.25) is 0 Å². The Morgan fingerprint density at radius 1 is 1.07 bits per heavy atom. The Morgan fingerprint density at radius 2 is 1.65 bits per heavy atom. The van der Waals surface area contributed by atoms with Gasteiger partial charge in [-0.25, -0.2) is 0 Å². The van der Waals surface area contributed by atoms with E-state index in [1.165, 1.54) is 12.4 Å². The molecule has 1 N–H and O–H groups in total. The van der Waals surface area contributed by atoms with E-state index in [9.17, 15) is 32.7 Å². The minimum absolute atomic E-state index is 0.00607. The van der Waals surface area contributed by atoms with Gasteiger partial charge in [-0.1, -0.05) is 37.0 Å². The third-order valence-electron chi connectivity index (χ3n) is 8.13. The van der Waals surface area contributed by atoms with Gasteiger partial charge < -0.3 is 10.0 Å². The number of carboxylic acid groups (broad SMARTS) is 1. The van der Waals surface area contributed by atoms with Crippen molar-refractivity contribution in [1.82, 2.24) is 19.7 Å². The number of halogens is 5. The van der Waals surface area contributed by atoms with Crippen LogP contribution in [0.2, 0.25) is 10.0 Å². The van der Waals surface area contributed by atoms with Crippen molar-refractivity contribution in [3.63, 3.8) is 0 Å². The van der Waals surface area contributed by atoms with Crippen LogP contribution in [0.3, 0.4) is 0 Å². The van der Waals surface area contributed by atoms with E-state index < -0.39 is 53.1 Å². The molecule has 0 bridgehead atoms. The van der Waals surface area contributed by atoms with Gasteiger partial charge in [-0.3, -0.25) is 24.0 Å². The van der Waals surface area contributed by atoms with Gasteiger partial charge in [0, 0.05) is 18.9 Å². The van der Waals surface area contributed by atoms with E-state index in [2.05, 4.69) is 23.9 Å². The zero-order valence-electron chi connectivity index (χ0n) is 22.4. The third-order valence-corrected chi connectivity index (χ3v) is 8.70. The fourth-order valence-electron chi connectivity index (χ4n) is 6.04. The summed E-state index contributed by atoms with van der Waals surface area (Å²) in [6.07, 6.45) is 0.622. The molecule has 8 nitrogen and oxygen atoms in total. The quantitative estimate of drug-likeness (QED) is 0.342. The van der Waals surface area contributed by atoms with Crippen molar-refractivity contribution in [2.45, 2.75) is 71.5 Å². The summed E-state index contributed by atoms with van der Waals surface area (Å²) in [5.41, 5.74) is -2.90. The normalized spacial score (nSPS) is 22.9. The van der Waals surface area contributed by atoms with Gasteiger partial charge in [-0.15, -0.1) is 0 Å². The van der Waals surface area contributed by atoms with Gasteiger partial charge >= 0.3 is 12.1 Å². The molecule has 13 heteroatoms. The van der Waals surface area contributed by atoms with E-state index in [0.717, 1.165) is 28.6 Å². The minimum Gasteiger partial charge on any atom is -0.481 e. The lowest BCUT2D eigenvalue weighted by atomic mass is 9.64. The number of aliphatic carboxylic acids is 1. The Labute approximate surface area is 239 Å². The predicted molar refractivity (Wildman–Crippen MR) is 141 cm³/mol. The number of carbonyl (C=O) groups is 3. The zero-order chi connectivity index (χ0) is 29.6. The van der Waals surface area contributed by atoms with E-state index in [-0.39, 0.29) is 59.2 Å². The largest absolute Gasteiger partial charge is 0.481 e. The summed E-state index contributed by atoms with van der Waals surface area (Å²) in [7, 11) is 0. The second-order valence-corrected chi connectivity index (χ2v) is 12.8. The van der Waals surface area contributed by atoms with E-state index in [1.807, 2.05) is 0 Å². The molecule has 2 aliphatic carbocycles. The van der Waals surface area contributed by atoms with Crippen molar-refractivity contribution in [3.8, 4) is 0 Å².